The van der Waals surface area contributed by atoms with Gasteiger partial charge in [-0.05, 0) is 23.6 Å². The zero-order chi connectivity index (χ0) is 22.6. The van der Waals surface area contributed by atoms with Gasteiger partial charge in [0.15, 0.2) is 16.9 Å². The van der Waals surface area contributed by atoms with Gasteiger partial charge in [-0.25, -0.2) is 4.79 Å². The van der Waals surface area contributed by atoms with E-state index in [0.717, 1.165) is 5.56 Å². The summed E-state index contributed by atoms with van der Waals surface area (Å²) in [5.74, 6) is -0.123. The van der Waals surface area contributed by atoms with Crippen LogP contribution in [0.15, 0.2) is 36.4 Å². The van der Waals surface area contributed by atoms with Crippen LogP contribution in [0.4, 0.5) is 10.5 Å². The van der Waals surface area contributed by atoms with Crippen molar-refractivity contribution in [2.24, 2.45) is 0 Å². The molecule has 2 unspecified atom stereocenters. The second kappa shape index (κ2) is 7.01. The zero-order valence-electron chi connectivity index (χ0n) is 17.5. The van der Waals surface area contributed by atoms with Gasteiger partial charge in [0.05, 0.1) is 12.2 Å². The van der Waals surface area contributed by atoms with Crippen LogP contribution in [0.3, 0.4) is 0 Å². The Labute approximate surface area is 179 Å². The maximum absolute atomic E-state index is 13.9. The molecule has 4 rings (SSSR count). The number of carbonyl (C=O) groups excluding carboxylic acids is 2. The Morgan fingerprint density at radius 2 is 1.97 bits per heavy atom. The first-order chi connectivity index (χ1) is 14.6. The number of fused-ring (bicyclic) bond motifs is 5. The van der Waals surface area contributed by atoms with Gasteiger partial charge in [-0.15, -0.1) is 0 Å². The molecule has 0 spiro atoms. The number of carbonyl (C=O) groups is 3. The van der Waals surface area contributed by atoms with E-state index in [1.807, 2.05) is 26.0 Å². The van der Waals surface area contributed by atoms with Crippen LogP contribution in [0.5, 0.6) is 5.75 Å². The van der Waals surface area contributed by atoms with Gasteiger partial charge in [0, 0.05) is 30.2 Å². The molecule has 0 radical (unpaired) electrons. The Kier molecular flexibility index (Phi) is 4.68. The number of hydrogen-bond acceptors (Lipinski definition) is 6. The molecule has 8 heteroatoms. The van der Waals surface area contributed by atoms with Crippen LogP contribution in [0.1, 0.15) is 60.2 Å². The molecule has 8 nitrogen and oxygen atoms in total. The Hall–Kier alpha value is -3.55. The molecule has 1 amide bonds. The second-order valence-electron chi connectivity index (χ2n) is 8.23. The molecule has 2 aliphatic rings. The summed E-state index contributed by atoms with van der Waals surface area (Å²) in [6.07, 6.45) is -1.43. The number of nitrogen functional groups attached to an aromatic ring is 1. The summed E-state index contributed by atoms with van der Waals surface area (Å²) >= 11 is 0. The molecule has 1 heterocycles. The number of carboxylic acid groups (broad SMARTS) is 1. The Morgan fingerprint density at radius 3 is 2.61 bits per heavy atom. The zero-order valence-corrected chi connectivity index (χ0v) is 17.5. The summed E-state index contributed by atoms with van der Waals surface area (Å²) in [4.78, 5) is 37.3. The van der Waals surface area contributed by atoms with Crippen LogP contribution in [-0.2, 0) is 20.7 Å². The highest BCUT2D eigenvalue weighted by molar-refractivity contribution is 6.15. The highest BCUT2D eigenvalue weighted by Gasteiger charge is 2.71. The van der Waals surface area contributed by atoms with Crippen LogP contribution in [0.2, 0.25) is 0 Å². The maximum Gasteiger partial charge on any atom is 0.505 e. The molecule has 0 saturated heterocycles. The summed E-state index contributed by atoms with van der Waals surface area (Å²) < 4.78 is 11.3. The van der Waals surface area contributed by atoms with E-state index >= 15 is 0 Å². The maximum atomic E-state index is 13.9. The van der Waals surface area contributed by atoms with Gasteiger partial charge in [-0.1, -0.05) is 38.1 Å². The van der Waals surface area contributed by atoms with E-state index in [1.165, 1.54) is 6.92 Å². The first kappa shape index (κ1) is 20.7. The molecule has 31 heavy (non-hydrogen) atoms. The quantitative estimate of drug-likeness (QED) is 0.496. The van der Waals surface area contributed by atoms with Crippen molar-refractivity contribution in [3.8, 4) is 5.75 Å². The number of nitrogens with one attached hydrogen (secondary N) is 1. The lowest BCUT2D eigenvalue weighted by atomic mass is 9.74. The first-order valence-corrected chi connectivity index (χ1v) is 10.1. The van der Waals surface area contributed by atoms with Crippen molar-refractivity contribution >= 4 is 23.5 Å². The molecule has 2 aromatic rings. The van der Waals surface area contributed by atoms with Crippen molar-refractivity contribution in [3.63, 3.8) is 0 Å². The lowest BCUT2D eigenvalue weighted by molar-refractivity contribution is -0.123. The molecule has 4 N–H and O–H groups in total. The smallest absolute Gasteiger partial charge is 0.479 e. The summed E-state index contributed by atoms with van der Waals surface area (Å²) in [5.41, 5.74) is 5.75. The van der Waals surface area contributed by atoms with E-state index < -0.39 is 23.2 Å². The van der Waals surface area contributed by atoms with Crippen molar-refractivity contribution in [2.75, 3.05) is 12.3 Å². The summed E-state index contributed by atoms with van der Waals surface area (Å²) in [6, 6.07) is 10.6. The van der Waals surface area contributed by atoms with E-state index in [1.54, 1.807) is 24.3 Å². The fourth-order valence-electron chi connectivity index (χ4n) is 4.83. The van der Waals surface area contributed by atoms with Crippen LogP contribution < -0.4 is 15.8 Å². The molecule has 0 aromatic heterocycles. The number of amides is 1. The third-order valence-corrected chi connectivity index (χ3v) is 6.11. The lowest BCUT2D eigenvalue weighted by Gasteiger charge is -2.38. The molecular weight excluding hydrogens is 400 g/mol. The molecule has 2 atom stereocenters. The third-order valence-electron chi connectivity index (χ3n) is 6.11. The summed E-state index contributed by atoms with van der Waals surface area (Å²) in [5, 5.41) is 11.8. The fraction of sp³-hybridized carbons (Fsp3) is 0.348. The number of benzene rings is 2. The number of ether oxygens (including phenoxy) is 2. The van der Waals surface area contributed by atoms with Gasteiger partial charge in [0.2, 0.25) is 5.91 Å². The van der Waals surface area contributed by atoms with Gasteiger partial charge < -0.3 is 25.6 Å². The van der Waals surface area contributed by atoms with Crippen molar-refractivity contribution in [1.29, 1.82) is 0 Å². The topological polar surface area (TPSA) is 128 Å². The summed E-state index contributed by atoms with van der Waals surface area (Å²) in [7, 11) is 0. The number of anilines is 1. The van der Waals surface area contributed by atoms with Crippen molar-refractivity contribution in [2.45, 2.75) is 44.2 Å². The molecular formula is C23H24N2O6. The number of nitrogens with two attached hydrogens (primary N) is 1. The SMILES string of the molecule is CC(=O)NC12C(=O)c3c(N)cccc3C1(CCOC(=O)O)Oc1cc(C(C)C)ccc12. The lowest BCUT2D eigenvalue weighted by Crippen LogP contribution is -2.60. The van der Waals surface area contributed by atoms with Crippen LogP contribution >= 0.6 is 0 Å². The van der Waals surface area contributed by atoms with Crippen molar-refractivity contribution in [1.82, 2.24) is 5.32 Å². The van der Waals surface area contributed by atoms with Crippen molar-refractivity contribution < 1.29 is 29.0 Å². The van der Waals surface area contributed by atoms with E-state index in [2.05, 4.69) is 5.32 Å². The van der Waals surface area contributed by atoms with Gasteiger partial charge in [-0.3, -0.25) is 9.59 Å². The predicted octanol–water partition coefficient (Wildman–Crippen LogP) is 3.29. The molecule has 1 aliphatic carbocycles. The van der Waals surface area contributed by atoms with Crippen LogP contribution in [-0.4, -0.2) is 29.6 Å². The molecule has 0 bridgehead atoms. The van der Waals surface area contributed by atoms with Gasteiger partial charge in [-0.2, -0.15) is 0 Å². The Balaban J connectivity index is 1.99. The fourth-order valence-corrected chi connectivity index (χ4v) is 4.83. The standard InChI is InChI=1S/C23H24N2O6/c1-12(2)14-7-8-15-18(11-14)31-22(9-10-30-21(28)29)16-5-4-6-17(24)19(16)20(27)23(15,22)25-13(3)26/h4-8,11-12H,9-10,24H2,1-3H3,(H,25,26)(H,28,29). The molecule has 2 aromatic carbocycles. The van der Waals surface area contributed by atoms with Crippen LogP contribution in [0.25, 0.3) is 0 Å². The number of hydrogen-bond donors (Lipinski definition) is 3. The Bertz CT molecular complexity index is 1110. The van der Waals surface area contributed by atoms with E-state index in [4.69, 9.17) is 20.3 Å². The van der Waals surface area contributed by atoms with E-state index in [-0.39, 0.29) is 36.0 Å². The minimum Gasteiger partial charge on any atom is -0.479 e. The monoisotopic (exact) mass is 424 g/mol. The van der Waals surface area contributed by atoms with Crippen molar-refractivity contribution in [3.05, 3.63) is 58.7 Å². The largest absolute Gasteiger partial charge is 0.505 e. The highest BCUT2D eigenvalue weighted by Crippen LogP contribution is 2.61. The minimum absolute atomic E-state index is 0.00741. The highest BCUT2D eigenvalue weighted by atomic mass is 16.7. The second-order valence-corrected chi connectivity index (χ2v) is 8.23. The predicted molar refractivity (Wildman–Crippen MR) is 112 cm³/mol. The molecule has 0 saturated carbocycles. The molecule has 0 fully saturated rings. The van der Waals surface area contributed by atoms with E-state index in [9.17, 15) is 14.4 Å². The summed E-state index contributed by atoms with van der Waals surface area (Å²) in [6.45, 7) is 5.17. The molecule has 1 aliphatic heterocycles. The molecule has 162 valence electrons. The first-order valence-electron chi connectivity index (χ1n) is 10.1. The van der Waals surface area contributed by atoms with Gasteiger partial charge in [0.25, 0.3) is 0 Å². The normalized spacial score (nSPS) is 23.0. The van der Waals surface area contributed by atoms with Gasteiger partial charge in [0.1, 0.15) is 5.75 Å². The van der Waals surface area contributed by atoms with Crippen LogP contribution in [0, 0.1) is 0 Å². The average molecular weight is 424 g/mol. The number of Topliss-reactive ketones (excluding diaryl/α,β-unsaturated/α-hetero) is 1. The number of ketones is 1. The minimum atomic E-state index is -1.58. The van der Waals surface area contributed by atoms with Gasteiger partial charge >= 0.3 is 6.16 Å². The Morgan fingerprint density at radius 1 is 1.23 bits per heavy atom. The van der Waals surface area contributed by atoms with E-state index in [0.29, 0.717) is 16.9 Å². The number of rotatable bonds is 5. The average Bonchev–Trinajstić information content (AvgIpc) is 3.06. The third kappa shape index (κ3) is 2.78.